The van der Waals surface area contributed by atoms with E-state index in [4.69, 9.17) is 5.02 Å². The molecular formula is C6H6BF2O-. The van der Waals surface area contributed by atoms with Crippen molar-refractivity contribution < 1.29 is 13.7 Å². The lowest BCUT2D eigenvalue weighted by Gasteiger charge is -2.15. The third kappa shape index (κ3) is 1.54. The highest BCUT2D eigenvalue weighted by Crippen LogP contribution is 2.01. The fourth-order valence-corrected chi connectivity index (χ4v) is 0.685. The van der Waals surface area contributed by atoms with Crippen molar-refractivity contribution in [1.82, 2.24) is 0 Å². The lowest BCUT2D eigenvalue weighted by atomic mass is 9.77. The summed E-state index contributed by atoms with van der Waals surface area (Å²) < 4.78 is 24.1. The summed E-state index contributed by atoms with van der Waals surface area (Å²) in [5, 5.41) is 8.22. The molecule has 0 heterocycles. The Balaban J connectivity index is 2.97. The maximum Gasteiger partial charge on any atom is 0.473 e. The minimum atomic E-state index is -4.30. The molecule has 0 fully saturated rings. The van der Waals surface area contributed by atoms with Gasteiger partial charge in [0.15, 0.2) is 0 Å². The van der Waals surface area contributed by atoms with Gasteiger partial charge >= 0.3 is 6.90 Å². The van der Waals surface area contributed by atoms with Gasteiger partial charge in [-0.1, -0.05) is 30.3 Å². The minimum Gasteiger partial charge on any atom is -0.549 e. The molecule has 1 nitrogen and oxygen atoms in total. The van der Waals surface area contributed by atoms with E-state index in [0.717, 1.165) is 0 Å². The van der Waals surface area contributed by atoms with Gasteiger partial charge in [-0.3, -0.25) is 0 Å². The molecule has 0 atom stereocenters. The monoisotopic (exact) mass is 143 g/mol. The van der Waals surface area contributed by atoms with Crippen molar-refractivity contribution in [3.05, 3.63) is 30.3 Å². The van der Waals surface area contributed by atoms with Crippen molar-refractivity contribution in [2.24, 2.45) is 0 Å². The van der Waals surface area contributed by atoms with Crippen LogP contribution in [0.15, 0.2) is 30.3 Å². The van der Waals surface area contributed by atoms with Crippen molar-refractivity contribution in [2.75, 3.05) is 0 Å². The maximum absolute atomic E-state index is 12.1. The van der Waals surface area contributed by atoms with Gasteiger partial charge in [0, 0.05) is 0 Å². The lowest BCUT2D eigenvalue weighted by Crippen LogP contribution is -2.38. The summed E-state index contributed by atoms with van der Waals surface area (Å²) in [5.41, 5.74) is -0.317. The molecule has 10 heavy (non-hydrogen) atoms. The normalized spacial score (nSPS) is 11.5. The minimum absolute atomic E-state index is 0.317. The summed E-state index contributed by atoms with van der Waals surface area (Å²) in [6.45, 7) is -4.30. The Kier molecular flexibility index (Phi) is 1.72. The molecule has 1 aromatic carbocycles. The van der Waals surface area contributed by atoms with Crippen LogP contribution in [-0.4, -0.2) is 11.9 Å². The van der Waals surface area contributed by atoms with Gasteiger partial charge in [-0.25, -0.2) is 0 Å². The Hall–Kier alpha value is -0.895. The zero-order valence-electron chi connectivity index (χ0n) is 5.17. The van der Waals surface area contributed by atoms with E-state index in [1.54, 1.807) is 6.07 Å². The Morgan fingerprint density at radius 2 is 1.60 bits per heavy atom. The van der Waals surface area contributed by atoms with E-state index in [-0.39, 0.29) is 5.46 Å². The van der Waals surface area contributed by atoms with Gasteiger partial charge in [-0.15, -0.1) is 5.46 Å². The van der Waals surface area contributed by atoms with Crippen molar-refractivity contribution in [2.45, 2.75) is 0 Å². The SMILES string of the molecule is O[B-](F)(F)c1ccccc1. The third-order valence-electron chi connectivity index (χ3n) is 1.20. The molecule has 4 heteroatoms. The highest BCUT2D eigenvalue weighted by molar-refractivity contribution is 6.72. The van der Waals surface area contributed by atoms with E-state index in [0.29, 0.717) is 0 Å². The molecule has 0 aliphatic heterocycles. The fraction of sp³-hybridized carbons (Fsp3) is 0. The van der Waals surface area contributed by atoms with Crippen molar-refractivity contribution in [3.63, 3.8) is 0 Å². The molecular weight excluding hydrogens is 137 g/mol. The number of hydrogen-bond acceptors (Lipinski definition) is 1. The molecule has 54 valence electrons. The van der Waals surface area contributed by atoms with Gasteiger partial charge in [0.2, 0.25) is 0 Å². The van der Waals surface area contributed by atoms with Crippen LogP contribution < -0.4 is 5.46 Å². The van der Waals surface area contributed by atoms with Gasteiger partial charge in [-0.05, 0) is 0 Å². The van der Waals surface area contributed by atoms with Crippen LogP contribution >= 0.6 is 0 Å². The second-order valence-electron chi connectivity index (χ2n) is 2.04. The molecule has 1 aromatic rings. The molecule has 0 saturated heterocycles. The molecule has 0 aliphatic carbocycles. The van der Waals surface area contributed by atoms with Crippen LogP contribution in [-0.2, 0) is 0 Å². The summed E-state index contributed by atoms with van der Waals surface area (Å²) in [5.74, 6) is 0. The number of hydrogen-bond donors (Lipinski definition) is 1. The molecule has 1 N–H and O–H groups in total. The molecule has 1 rings (SSSR count). The van der Waals surface area contributed by atoms with Crippen LogP contribution in [0.1, 0.15) is 0 Å². The van der Waals surface area contributed by atoms with Crippen LogP contribution in [0.5, 0.6) is 0 Å². The Morgan fingerprint density at radius 3 is 1.90 bits per heavy atom. The lowest BCUT2D eigenvalue weighted by molar-refractivity contribution is 0.388. The molecule has 0 aliphatic rings. The average Bonchev–Trinajstić information content (AvgIpc) is 1.88. The second-order valence-corrected chi connectivity index (χ2v) is 2.04. The quantitative estimate of drug-likeness (QED) is 0.575. The van der Waals surface area contributed by atoms with E-state index in [1.807, 2.05) is 0 Å². The van der Waals surface area contributed by atoms with E-state index in [2.05, 4.69) is 0 Å². The largest absolute Gasteiger partial charge is 0.549 e. The van der Waals surface area contributed by atoms with Crippen LogP contribution in [0.2, 0.25) is 0 Å². The van der Waals surface area contributed by atoms with E-state index >= 15 is 0 Å². The summed E-state index contributed by atoms with van der Waals surface area (Å²) in [6.07, 6.45) is 0. The van der Waals surface area contributed by atoms with Gasteiger partial charge in [0.05, 0.1) is 0 Å². The Labute approximate surface area is 57.3 Å². The zero-order chi connectivity index (χ0) is 7.61. The molecule has 0 aromatic heterocycles. The molecule has 0 bridgehead atoms. The van der Waals surface area contributed by atoms with Crippen molar-refractivity contribution >= 4 is 12.4 Å². The third-order valence-corrected chi connectivity index (χ3v) is 1.20. The van der Waals surface area contributed by atoms with Crippen LogP contribution in [0.25, 0.3) is 0 Å². The van der Waals surface area contributed by atoms with E-state index < -0.39 is 6.90 Å². The van der Waals surface area contributed by atoms with E-state index in [1.165, 1.54) is 24.3 Å². The van der Waals surface area contributed by atoms with Gasteiger partial charge in [0.1, 0.15) is 0 Å². The van der Waals surface area contributed by atoms with Crippen molar-refractivity contribution in [1.29, 1.82) is 0 Å². The summed E-state index contributed by atoms with van der Waals surface area (Å²) in [7, 11) is 0. The van der Waals surface area contributed by atoms with Crippen LogP contribution in [0.4, 0.5) is 8.63 Å². The maximum atomic E-state index is 12.1. The average molecular weight is 143 g/mol. The smallest absolute Gasteiger partial charge is 0.473 e. The van der Waals surface area contributed by atoms with Gasteiger partial charge in [-0.2, -0.15) is 0 Å². The Bertz CT molecular complexity index is 207. The molecule has 0 spiro atoms. The first-order valence-electron chi connectivity index (χ1n) is 2.89. The number of benzene rings is 1. The van der Waals surface area contributed by atoms with Crippen LogP contribution in [0, 0.1) is 0 Å². The van der Waals surface area contributed by atoms with Gasteiger partial charge in [0.25, 0.3) is 0 Å². The first-order valence-corrected chi connectivity index (χ1v) is 2.89. The highest BCUT2D eigenvalue weighted by Gasteiger charge is 2.21. The Morgan fingerprint density at radius 1 is 1.10 bits per heavy atom. The first kappa shape index (κ1) is 7.21. The summed E-state index contributed by atoms with van der Waals surface area (Å²) >= 11 is 0. The molecule has 0 saturated carbocycles. The predicted octanol–water partition coefficient (Wildman–Crippen LogP) is 0.764. The standard InChI is InChI=1S/C6H6BF2O/c8-7(9,10)6-4-2-1-3-5-6/h1-5,10H/q-1. The molecule has 0 radical (unpaired) electrons. The van der Waals surface area contributed by atoms with Crippen molar-refractivity contribution in [3.8, 4) is 0 Å². The summed E-state index contributed by atoms with van der Waals surface area (Å²) in [4.78, 5) is 0. The molecule has 0 amide bonds. The topological polar surface area (TPSA) is 20.2 Å². The van der Waals surface area contributed by atoms with Gasteiger partial charge < -0.3 is 13.7 Å². The van der Waals surface area contributed by atoms with E-state index in [9.17, 15) is 8.63 Å². The highest BCUT2D eigenvalue weighted by atomic mass is 19.2. The number of halogens is 2. The predicted molar refractivity (Wildman–Crippen MR) is 36.3 cm³/mol. The fourth-order valence-electron chi connectivity index (χ4n) is 0.685. The van der Waals surface area contributed by atoms with Crippen LogP contribution in [0.3, 0.4) is 0 Å². The number of rotatable bonds is 1. The zero-order valence-corrected chi connectivity index (χ0v) is 5.17. The second kappa shape index (κ2) is 2.38. The molecule has 0 unspecified atom stereocenters. The first-order chi connectivity index (χ1) is 4.61. The summed E-state index contributed by atoms with van der Waals surface area (Å²) in [6, 6.07) is 6.92.